The molecule has 2 rings (SSSR count). The summed E-state index contributed by atoms with van der Waals surface area (Å²) in [6.07, 6.45) is 3.59. The summed E-state index contributed by atoms with van der Waals surface area (Å²) in [4.78, 5) is 0. The normalized spacial score (nSPS) is 10.8. The Bertz CT molecular complexity index is 528. The lowest BCUT2D eigenvalue weighted by Crippen LogP contribution is -1.96. The highest BCUT2D eigenvalue weighted by Crippen LogP contribution is 2.19. The third-order valence-corrected chi connectivity index (χ3v) is 3.41. The van der Waals surface area contributed by atoms with E-state index in [0.29, 0.717) is 13.2 Å². The summed E-state index contributed by atoms with van der Waals surface area (Å²) in [7, 11) is 0. The van der Waals surface area contributed by atoms with E-state index in [2.05, 4.69) is 19.1 Å². The molecule has 1 aromatic heterocycles. The summed E-state index contributed by atoms with van der Waals surface area (Å²) in [5.41, 5.74) is 7.98. The fourth-order valence-corrected chi connectivity index (χ4v) is 2.13. The molecule has 20 heavy (non-hydrogen) atoms. The van der Waals surface area contributed by atoms with E-state index in [-0.39, 0.29) is 0 Å². The van der Waals surface area contributed by atoms with Gasteiger partial charge in [-0.2, -0.15) is 0 Å². The van der Waals surface area contributed by atoms with Crippen LogP contribution in [-0.4, -0.2) is 0 Å². The summed E-state index contributed by atoms with van der Waals surface area (Å²) in [6, 6.07) is 10.3. The lowest BCUT2D eigenvalue weighted by molar-refractivity contribution is 0.303. The van der Waals surface area contributed by atoms with Gasteiger partial charge in [-0.15, -0.1) is 0 Å². The third kappa shape index (κ3) is 3.87. The second-order valence-corrected chi connectivity index (χ2v) is 5.03. The van der Waals surface area contributed by atoms with Crippen LogP contribution in [0.1, 0.15) is 42.4 Å². The van der Waals surface area contributed by atoms with Crippen molar-refractivity contribution in [2.24, 2.45) is 5.73 Å². The minimum absolute atomic E-state index is 0.424. The highest BCUT2D eigenvalue weighted by atomic mass is 16.5. The summed E-state index contributed by atoms with van der Waals surface area (Å²) in [6.45, 7) is 5.09. The second kappa shape index (κ2) is 7.15. The van der Waals surface area contributed by atoms with Crippen LogP contribution in [0.5, 0.6) is 5.75 Å². The van der Waals surface area contributed by atoms with Crippen LogP contribution in [0.4, 0.5) is 0 Å². The maximum absolute atomic E-state index is 5.79. The van der Waals surface area contributed by atoms with Gasteiger partial charge in [-0.1, -0.05) is 25.5 Å². The monoisotopic (exact) mass is 273 g/mol. The molecule has 0 saturated carbocycles. The van der Waals surface area contributed by atoms with Gasteiger partial charge in [0.1, 0.15) is 23.9 Å². The summed E-state index contributed by atoms with van der Waals surface area (Å²) in [5, 5.41) is 0. The van der Waals surface area contributed by atoms with E-state index in [4.69, 9.17) is 14.9 Å². The molecule has 0 saturated heterocycles. The number of hydrogen-bond donors (Lipinski definition) is 1. The zero-order valence-corrected chi connectivity index (χ0v) is 12.3. The first-order valence-electron chi connectivity index (χ1n) is 7.23. The predicted molar refractivity (Wildman–Crippen MR) is 80.7 cm³/mol. The highest BCUT2D eigenvalue weighted by Gasteiger charge is 2.07. The Morgan fingerprint density at radius 1 is 1.20 bits per heavy atom. The van der Waals surface area contributed by atoms with Crippen molar-refractivity contribution < 1.29 is 9.15 Å². The van der Waals surface area contributed by atoms with E-state index >= 15 is 0 Å². The Morgan fingerprint density at radius 2 is 1.95 bits per heavy atom. The van der Waals surface area contributed by atoms with Crippen LogP contribution < -0.4 is 10.5 Å². The summed E-state index contributed by atoms with van der Waals surface area (Å²) < 4.78 is 11.3. The smallest absolute Gasteiger partial charge is 0.119 e. The fourth-order valence-electron chi connectivity index (χ4n) is 2.13. The molecule has 0 unspecified atom stereocenters. The molecule has 0 radical (unpaired) electrons. The number of benzene rings is 1. The zero-order valence-electron chi connectivity index (χ0n) is 12.3. The number of rotatable bonds is 7. The van der Waals surface area contributed by atoms with Gasteiger partial charge in [0.15, 0.2) is 0 Å². The van der Waals surface area contributed by atoms with Crippen LogP contribution in [0, 0.1) is 6.92 Å². The molecule has 0 spiro atoms. The van der Waals surface area contributed by atoms with Crippen molar-refractivity contribution in [1.82, 2.24) is 0 Å². The molecule has 1 heterocycles. The molecule has 0 aliphatic rings. The summed E-state index contributed by atoms with van der Waals surface area (Å²) in [5.74, 6) is 2.57. The van der Waals surface area contributed by atoms with Gasteiger partial charge in [-0.05, 0) is 43.5 Å². The first-order valence-corrected chi connectivity index (χ1v) is 7.23. The number of ether oxygens (including phenoxy) is 1. The number of furan rings is 1. The Hall–Kier alpha value is -1.74. The topological polar surface area (TPSA) is 48.4 Å². The molecule has 0 amide bonds. The lowest BCUT2D eigenvalue weighted by Gasteiger charge is -2.06. The Morgan fingerprint density at radius 3 is 2.55 bits per heavy atom. The van der Waals surface area contributed by atoms with Crippen LogP contribution in [-0.2, 0) is 19.6 Å². The molecule has 2 aromatic rings. The predicted octanol–water partition coefficient (Wildman–Crippen LogP) is 3.97. The van der Waals surface area contributed by atoms with Crippen LogP contribution in [0.25, 0.3) is 0 Å². The van der Waals surface area contributed by atoms with Crippen molar-refractivity contribution >= 4 is 0 Å². The van der Waals surface area contributed by atoms with Crippen LogP contribution in [0.2, 0.25) is 0 Å². The molecule has 1 aromatic carbocycles. The average molecular weight is 273 g/mol. The minimum Gasteiger partial charge on any atom is -0.489 e. The molecule has 0 aliphatic carbocycles. The molecule has 108 valence electrons. The number of nitrogens with two attached hydrogens (primary N) is 1. The van der Waals surface area contributed by atoms with E-state index < -0.39 is 0 Å². The van der Waals surface area contributed by atoms with E-state index in [9.17, 15) is 0 Å². The van der Waals surface area contributed by atoms with E-state index in [0.717, 1.165) is 29.3 Å². The van der Waals surface area contributed by atoms with Gasteiger partial charge >= 0.3 is 0 Å². The highest BCUT2D eigenvalue weighted by molar-refractivity contribution is 5.28. The molecular weight excluding hydrogens is 250 g/mol. The fraction of sp³-hybridized carbons (Fsp3) is 0.412. The molecule has 0 atom stereocenters. The zero-order chi connectivity index (χ0) is 14.4. The van der Waals surface area contributed by atoms with Gasteiger partial charge in [0, 0.05) is 5.56 Å². The van der Waals surface area contributed by atoms with Gasteiger partial charge in [-0.25, -0.2) is 0 Å². The maximum atomic E-state index is 5.79. The van der Waals surface area contributed by atoms with Crippen molar-refractivity contribution in [2.45, 2.75) is 46.3 Å². The van der Waals surface area contributed by atoms with Crippen molar-refractivity contribution in [3.05, 3.63) is 53.0 Å². The van der Waals surface area contributed by atoms with Crippen LogP contribution >= 0.6 is 0 Å². The lowest BCUT2D eigenvalue weighted by atomic mass is 10.1. The number of hydrogen-bond acceptors (Lipinski definition) is 3. The van der Waals surface area contributed by atoms with Gasteiger partial charge in [-0.3, -0.25) is 0 Å². The molecular formula is C17H23NO2. The maximum Gasteiger partial charge on any atom is 0.119 e. The largest absolute Gasteiger partial charge is 0.489 e. The Balaban J connectivity index is 1.91. The van der Waals surface area contributed by atoms with E-state index in [1.165, 1.54) is 18.4 Å². The van der Waals surface area contributed by atoms with Gasteiger partial charge in [0.05, 0.1) is 6.54 Å². The van der Waals surface area contributed by atoms with E-state index in [1.54, 1.807) is 0 Å². The number of aryl methyl sites for hydroxylation is 2. The van der Waals surface area contributed by atoms with Crippen LogP contribution in [0.3, 0.4) is 0 Å². The minimum atomic E-state index is 0.424. The quantitative estimate of drug-likeness (QED) is 0.830. The van der Waals surface area contributed by atoms with Crippen molar-refractivity contribution in [1.29, 1.82) is 0 Å². The van der Waals surface area contributed by atoms with Gasteiger partial charge in [0.25, 0.3) is 0 Å². The second-order valence-electron chi connectivity index (χ2n) is 5.03. The standard InChI is InChI=1S/C17H23NO2/c1-3-4-5-14-6-8-16(9-7-14)19-12-15-10-17(11-18)20-13(15)2/h6-10H,3-5,11-12,18H2,1-2H3. The number of unbranched alkanes of at least 4 members (excludes halogenated alkanes) is 1. The Kier molecular flexibility index (Phi) is 5.24. The first kappa shape index (κ1) is 14.7. The Labute approximate surface area is 120 Å². The van der Waals surface area contributed by atoms with Crippen molar-refractivity contribution in [2.75, 3.05) is 0 Å². The molecule has 0 bridgehead atoms. The average Bonchev–Trinajstić information content (AvgIpc) is 2.84. The molecule has 3 nitrogen and oxygen atoms in total. The van der Waals surface area contributed by atoms with Crippen LogP contribution in [0.15, 0.2) is 34.7 Å². The van der Waals surface area contributed by atoms with Gasteiger partial charge in [0.2, 0.25) is 0 Å². The molecule has 3 heteroatoms. The van der Waals surface area contributed by atoms with E-state index in [1.807, 2.05) is 25.1 Å². The molecule has 0 aliphatic heterocycles. The van der Waals surface area contributed by atoms with Gasteiger partial charge < -0.3 is 14.9 Å². The molecule has 2 N–H and O–H groups in total. The van der Waals surface area contributed by atoms with Crippen molar-refractivity contribution in [3.8, 4) is 5.75 Å². The SMILES string of the molecule is CCCCc1ccc(OCc2cc(CN)oc2C)cc1. The first-order chi connectivity index (χ1) is 9.72. The molecule has 0 fully saturated rings. The third-order valence-electron chi connectivity index (χ3n) is 3.41. The summed E-state index contributed by atoms with van der Waals surface area (Å²) >= 11 is 0. The van der Waals surface area contributed by atoms with Crippen molar-refractivity contribution in [3.63, 3.8) is 0 Å².